The first-order valence-electron chi connectivity index (χ1n) is 7.55. The molecule has 0 unspecified atom stereocenters. The van der Waals surface area contributed by atoms with Gasteiger partial charge in [0.25, 0.3) is 0 Å². The summed E-state index contributed by atoms with van der Waals surface area (Å²) in [6, 6.07) is 10.1. The lowest BCUT2D eigenvalue weighted by atomic mass is 10.0. The van der Waals surface area contributed by atoms with Crippen LogP contribution in [0.1, 0.15) is 30.9 Å². The van der Waals surface area contributed by atoms with Crippen LogP contribution in [-0.2, 0) is 10.1 Å². The number of hydrogen-bond donors (Lipinski definition) is 0. The SMILES string of the molecule is COc1cc(C)c(S(=O)(=O)Oc2cccc(C(C)C)c2)cc1OC. The van der Waals surface area contributed by atoms with Crippen molar-refractivity contribution in [3.8, 4) is 17.2 Å². The van der Waals surface area contributed by atoms with Crippen molar-refractivity contribution >= 4 is 10.1 Å². The first-order chi connectivity index (χ1) is 11.3. The summed E-state index contributed by atoms with van der Waals surface area (Å²) in [4.78, 5) is 0.0510. The molecule has 0 heterocycles. The molecule has 0 spiro atoms. The van der Waals surface area contributed by atoms with E-state index in [-0.39, 0.29) is 16.6 Å². The van der Waals surface area contributed by atoms with Crippen molar-refractivity contribution in [2.24, 2.45) is 0 Å². The quantitative estimate of drug-likeness (QED) is 0.739. The molecule has 0 bridgehead atoms. The second-order valence-electron chi connectivity index (χ2n) is 5.74. The Labute approximate surface area is 143 Å². The van der Waals surface area contributed by atoms with E-state index < -0.39 is 10.1 Å². The van der Waals surface area contributed by atoms with E-state index in [0.717, 1.165) is 5.56 Å². The lowest BCUT2D eigenvalue weighted by Crippen LogP contribution is -2.12. The lowest BCUT2D eigenvalue weighted by Gasteiger charge is -2.14. The van der Waals surface area contributed by atoms with Gasteiger partial charge in [-0.15, -0.1) is 0 Å². The van der Waals surface area contributed by atoms with Crippen molar-refractivity contribution in [2.75, 3.05) is 14.2 Å². The zero-order valence-corrected chi connectivity index (χ0v) is 15.3. The van der Waals surface area contributed by atoms with Crippen molar-refractivity contribution in [2.45, 2.75) is 31.6 Å². The van der Waals surface area contributed by atoms with E-state index in [2.05, 4.69) is 0 Å². The third-order valence-corrected chi connectivity index (χ3v) is 5.07. The fourth-order valence-electron chi connectivity index (χ4n) is 2.33. The number of hydrogen-bond acceptors (Lipinski definition) is 5. The summed E-state index contributed by atoms with van der Waals surface area (Å²) in [5.74, 6) is 1.37. The highest BCUT2D eigenvalue weighted by Gasteiger charge is 2.22. The summed E-state index contributed by atoms with van der Waals surface area (Å²) in [7, 11) is -1.03. The van der Waals surface area contributed by atoms with Gasteiger partial charge in [-0.05, 0) is 42.2 Å². The van der Waals surface area contributed by atoms with Gasteiger partial charge in [-0.3, -0.25) is 0 Å². The Morgan fingerprint density at radius 1 is 0.958 bits per heavy atom. The average Bonchev–Trinajstić information content (AvgIpc) is 2.54. The Morgan fingerprint density at radius 3 is 2.17 bits per heavy atom. The molecule has 5 nitrogen and oxygen atoms in total. The summed E-state index contributed by atoms with van der Waals surface area (Å²) >= 11 is 0. The van der Waals surface area contributed by atoms with E-state index in [0.29, 0.717) is 17.1 Å². The van der Waals surface area contributed by atoms with Crippen LogP contribution in [0.5, 0.6) is 17.2 Å². The Morgan fingerprint density at radius 2 is 1.58 bits per heavy atom. The third kappa shape index (κ3) is 3.82. The van der Waals surface area contributed by atoms with E-state index in [9.17, 15) is 8.42 Å². The molecule has 0 saturated heterocycles. The van der Waals surface area contributed by atoms with E-state index in [1.54, 1.807) is 31.2 Å². The minimum Gasteiger partial charge on any atom is -0.493 e. The number of methoxy groups -OCH3 is 2. The van der Waals surface area contributed by atoms with Gasteiger partial charge in [-0.2, -0.15) is 8.42 Å². The Hall–Kier alpha value is -2.21. The maximum atomic E-state index is 12.7. The molecule has 24 heavy (non-hydrogen) atoms. The minimum atomic E-state index is -3.98. The minimum absolute atomic E-state index is 0.0510. The Bertz CT molecular complexity index is 825. The molecule has 0 N–H and O–H groups in total. The van der Waals surface area contributed by atoms with Crippen LogP contribution in [0.3, 0.4) is 0 Å². The molecule has 0 fully saturated rings. The maximum absolute atomic E-state index is 12.7. The molecule has 0 aliphatic carbocycles. The second kappa shape index (κ2) is 7.13. The molecule has 0 aliphatic rings. The summed E-state index contributed by atoms with van der Waals surface area (Å²) in [5.41, 5.74) is 1.53. The fraction of sp³-hybridized carbons (Fsp3) is 0.333. The summed E-state index contributed by atoms with van der Waals surface area (Å²) in [5, 5.41) is 0. The summed E-state index contributed by atoms with van der Waals surface area (Å²) in [6.07, 6.45) is 0. The summed E-state index contributed by atoms with van der Waals surface area (Å²) < 4.78 is 41.0. The van der Waals surface area contributed by atoms with Gasteiger partial charge in [-0.25, -0.2) is 0 Å². The highest BCUT2D eigenvalue weighted by atomic mass is 32.2. The molecule has 0 atom stereocenters. The van der Waals surface area contributed by atoms with Crippen LogP contribution in [0.4, 0.5) is 0 Å². The first-order valence-corrected chi connectivity index (χ1v) is 8.96. The van der Waals surface area contributed by atoms with Crippen molar-refractivity contribution in [3.63, 3.8) is 0 Å². The second-order valence-corrected chi connectivity index (χ2v) is 7.25. The lowest BCUT2D eigenvalue weighted by molar-refractivity contribution is 0.353. The Kier molecular flexibility index (Phi) is 5.39. The largest absolute Gasteiger partial charge is 0.493 e. The van der Waals surface area contributed by atoms with Crippen molar-refractivity contribution < 1.29 is 22.1 Å². The molecule has 6 heteroatoms. The monoisotopic (exact) mass is 350 g/mol. The normalized spacial score (nSPS) is 11.4. The van der Waals surface area contributed by atoms with Crippen LogP contribution in [-0.4, -0.2) is 22.6 Å². The highest BCUT2D eigenvalue weighted by Crippen LogP contribution is 2.33. The van der Waals surface area contributed by atoms with Crippen molar-refractivity contribution in [3.05, 3.63) is 47.5 Å². The molecule has 0 radical (unpaired) electrons. The molecule has 0 aromatic heterocycles. The van der Waals surface area contributed by atoms with Gasteiger partial charge in [0.2, 0.25) is 0 Å². The molecule has 0 saturated carbocycles. The smallest absolute Gasteiger partial charge is 0.339 e. The van der Waals surface area contributed by atoms with Crippen LogP contribution >= 0.6 is 0 Å². The van der Waals surface area contributed by atoms with Crippen LogP contribution in [0.2, 0.25) is 0 Å². The van der Waals surface area contributed by atoms with Crippen LogP contribution in [0.15, 0.2) is 41.3 Å². The Balaban J connectivity index is 2.42. The van der Waals surface area contributed by atoms with Crippen LogP contribution in [0, 0.1) is 6.92 Å². The molecule has 0 aliphatic heterocycles. The molecular formula is C18H22O5S. The first kappa shape index (κ1) is 18.1. The van der Waals surface area contributed by atoms with E-state index in [1.807, 2.05) is 19.9 Å². The van der Waals surface area contributed by atoms with Gasteiger partial charge in [0.05, 0.1) is 14.2 Å². The molecule has 2 aromatic rings. The van der Waals surface area contributed by atoms with Gasteiger partial charge in [0.1, 0.15) is 10.6 Å². The van der Waals surface area contributed by atoms with Gasteiger partial charge in [-0.1, -0.05) is 26.0 Å². The fourth-order valence-corrected chi connectivity index (χ4v) is 3.48. The van der Waals surface area contributed by atoms with Crippen molar-refractivity contribution in [1.29, 1.82) is 0 Å². The van der Waals surface area contributed by atoms with E-state index in [4.69, 9.17) is 13.7 Å². The molecule has 2 rings (SSSR count). The molecule has 130 valence electrons. The molecular weight excluding hydrogens is 328 g/mol. The number of rotatable bonds is 6. The average molecular weight is 350 g/mol. The molecule has 2 aromatic carbocycles. The van der Waals surface area contributed by atoms with Crippen LogP contribution in [0.25, 0.3) is 0 Å². The van der Waals surface area contributed by atoms with Gasteiger partial charge >= 0.3 is 10.1 Å². The number of benzene rings is 2. The third-order valence-electron chi connectivity index (χ3n) is 3.68. The van der Waals surface area contributed by atoms with Gasteiger partial charge < -0.3 is 13.7 Å². The topological polar surface area (TPSA) is 61.8 Å². The predicted octanol–water partition coefficient (Wildman–Crippen LogP) is 3.90. The molecule has 0 amide bonds. The maximum Gasteiger partial charge on any atom is 0.339 e. The zero-order valence-electron chi connectivity index (χ0n) is 14.5. The number of aryl methyl sites for hydroxylation is 1. The van der Waals surface area contributed by atoms with Gasteiger partial charge in [0, 0.05) is 6.07 Å². The standard InChI is InChI=1S/C18H22O5S/c1-12(2)14-7-6-8-15(10-14)23-24(19,20)18-11-17(22-5)16(21-4)9-13(18)3/h6-12H,1-5H3. The highest BCUT2D eigenvalue weighted by molar-refractivity contribution is 7.87. The van der Waals surface area contributed by atoms with E-state index >= 15 is 0 Å². The zero-order chi connectivity index (χ0) is 17.9. The van der Waals surface area contributed by atoms with Crippen LogP contribution < -0.4 is 13.7 Å². The predicted molar refractivity (Wildman–Crippen MR) is 92.6 cm³/mol. The summed E-state index contributed by atoms with van der Waals surface area (Å²) in [6.45, 7) is 5.75. The van der Waals surface area contributed by atoms with Crippen molar-refractivity contribution in [1.82, 2.24) is 0 Å². The van der Waals surface area contributed by atoms with Gasteiger partial charge in [0.15, 0.2) is 11.5 Å². The van der Waals surface area contributed by atoms with E-state index in [1.165, 1.54) is 20.3 Å². The number of ether oxygens (including phenoxy) is 2.